The van der Waals surface area contributed by atoms with Crippen LogP contribution in [0, 0.1) is 0 Å². The van der Waals surface area contributed by atoms with Gasteiger partial charge in [-0.05, 0) is 42.8 Å². The van der Waals surface area contributed by atoms with Crippen LogP contribution in [0.3, 0.4) is 0 Å². The zero-order chi connectivity index (χ0) is 19.2. The molecule has 0 unspecified atom stereocenters. The molecular formula is C22H25N3O2S. The minimum absolute atomic E-state index is 0.731. The van der Waals surface area contributed by atoms with E-state index in [4.69, 9.17) is 20.2 Å². The van der Waals surface area contributed by atoms with Crippen molar-refractivity contribution in [1.29, 1.82) is 0 Å². The average molecular weight is 396 g/mol. The summed E-state index contributed by atoms with van der Waals surface area (Å²) in [4.78, 5) is 7.19. The van der Waals surface area contributed by atoms with Crippen LogP contribution in [0.1, 0.15) is 6.42 Å². The number of morpholine rings is 1. The third kappa shape index (κ3) is 4.90. The van der Waals surface area contributed by atoms with E-state index in [1.165, 1.54) is 0 Å². The lowest BCUT2D eigenvalue weighted by Crippen LogP contribution is -2.37. The number of nitrogen functional groups attached to an aromatic ring is 1. The molecule has 1 aliphatic rings. The second-order valence-corrected chi connectivity index (χ2v) is 7.70. The van der Waals surface area contributed by atoms with Gasteiger partial charge in [-0.2, -0.15) is 0 Å². The Morgan fingerprint density at radius 1 is 1.00 bits per heavy atom. The Morgan fingerprint density at radius 3 is 2.46 bits per heavy atom. The highest BCUT2D eigenvalue weighted by Crippen LogP contribution is 2.30. The van der Waals surface area contributed by atoms with Crippen LogP contribution < -0.4 is 10.5 Å². The predicted octanol–water partition coefficient (Wildman–Crippen LogP) is 4.16. The number of ether oxygens (including phenoxy) is 2. The number of anilines is 1. The van der Waals surface area contributed by atoms with Crippen molar-refractivity contribution in [1.82, 2.24) is 9.88 Å². The molecule has 0 radical (unpaired) electrons. The Bertz CT molecular complexity index is 872. The lowest BCUT2D eigenvalue weighted by Gasteiger charge is -2.26. The first-order chi connectivity index (χ1) is 13.8. The van der Waals surface area contributed by atoms with Gasteiger partial charge in [0.25, 0.3) is 0 Å². The summed E-state index contributed by atoms with van der Waals surface area (Å²) >= 11 is 1.65. The molecule has 3 aromatic rings. The van der Waals surface area contributed by atoms with Crippen LogP contribution in [0.25, 0.3) is 21.8 Å². The van der Waals surface area contributed by atoms with Crippen LogP contribution in [0.2, 0.25) is 0 Å². The summed E-state index contributed by atoms with van der Waals surface area (Å²) in [6.45, 7) is 5.55. The van der Waals surface area contributed by atoms with Crippen molar-refractivity contribution in [3.8, 4) is 27.6 Å². The normalized spacial score (nSPS) is 14.9. The Labute approximate surface area is 169 Å². The predicted molar refractivity (Wildman–Crippen MR) is 115 cm³/mol. The van der Waals surface area contributed by atoms with Crippen molar-refractivity contribution in [2.24, 2.45) is 0 Å². The van der Waals surface area contributed by atoms with E-state index in [0.29, 0.717) is 0 Å². The molecule has 146 valence electrons. The van der Waals surface area contributed by atoms with Gasteiger partial charge in [0.05, 0.1) is 25.5 Å². The summed E-state index contributed by atoms with van der Waals surface area (Å²) in [6.07, 6.45) is 1.03. The molecule has 1 fully saturated rings. The molecule has 1 aromatic heterocycles. The van der Waals surface area contributed by atoms with Gasteiger partial charge in [0.15, 0.2) is 0 Å². The molecule has 0 bridgehead atoms. The highest BCUT2D eigenvalue weighted by molar-refractivity contribution is 7.13. The van der Waals surface area contributed by atoms with Gasteiger partial charge in [-0.3, -0.25) is 4.90 Å². The molecular weight excluding hydrogens is 370 g/mol. The number of benzene rings is 2. The van der Waals surface area contributed by atoms with Gasteiger partial charge in [-0.1, -0.05) is 12.1 Å². The van der Waals surface area contributed by atoms with Crippen molar-refractivity contribution < 1.29 is 9.47 Å². The van der Waals surface area contributed by atoms with E-state index in [1.807, 2.05) is 36.4 Å². The minimum atomic E-state index is 0.731. The summed E-state index contributed by atoms with van der Waals surface area (Å²) in [6, 6.07) is 16.0. The molecule has 1 saturated heterocycles. The first kappa shape index (κ1) is 18.9. The van der Waals surface area contributed by atoms with Crippen LogP contribution in [0.15, 0.2) is 53.9 Å². The molecule has 0 amide bonds. The molecule has 4 rings (SSSR count). The zero-order valence-electron chi connectivity index (χ0n) is 15.8. The molecule has 2 heterocycles. The molecule has 6 heteroatoms. The molecule has 2 N–H and O–H groups in total. The van der Waals surface area contributed by atoms with Gasteiger partial charge < -0.3 is 15.2 Å². The maximum atomic E-state index is 5.89. The van der Waals surface area contributed by atoms with Gasteiger partial charge in [0.2, 0.25) is 0 Å². The Morgan fingerprint density at radius 2 is 1.71 bits per heavy atom. The largest absolute Gasteiger partial charge is 0.494 e. The van der Waals surface area contributed by atoms with Gasteiger partial charge in [0.1, 0.15) is 10.8 Å². The quantitative estimate of drug-likeness (QED) is 0.481. The summed E-state index contributed by atoms with van der Waals surface area (Å²) < 4.78 is 11.3. The number of hydrogen-bond acceptors (Lipinski definition) is 6. The third-order valence-corrected chi connectivity index (χ3v) is 5.69. The summed E-state index contributed by atoms with van der Waals surface area (Å²) in [7, 11) is 0. The SMILES string of the molecule is Nc1ccc(-c2csc(-c3ccc(OCCCN4CCOCC4)cc3)n2)cc1. The Balaban J connectivity index is 1.30. The molecule has 0 spiro atoms. The molecule has 5 nitrogen and oxygen atoms in total. The topological polar surface area (TPSA) is 60.6 Å². The first-order valence-electron chi connectivity index (χ1n) is 9.63. The number of hydrogen-bond donors (Lipinski definition) is 1. The van der Waals surface area contributed by atoms with E-state index < -0.39 is 0 Å². The van der Waals surface area contributed by atoms with Crippen molar-refractivity contribution in [2.45, 2.75) is 6.42 Å². The van der Waals surface area contributed by atoms with Crippen molar-refractivity contribution >= 4 is 17.0 Å². The van der Waals surface area contributed by atoms with Gasteiger partial charge in [-0.25, -0.2) is 4.98 Å². The van der Waals surface area contributed by atoms with Gasteiger partial charge in [-0.15, -0.1) is 11.3 Å². The summed E-state index contributed by atoms with van der Waals surface area (Å²) in [5.74, 6) is 0.904. The number of aromatic nitrogens is 1. The monoisotopic (exact) mass is 395 g/mol. The number of nitrogens with two attached hydrogens (primary N) is 1. The highest BCUT2D eigenvalue weighted by atomic mass is 32.1. The molecule has 0 aliphatic carbocycles. The van der Waals surface area contributed by atoms with E-state index in [9.17, 15) is 0 Å². The third-order valence-electron chi connectivity index (χ3n) is 4.80. The average Bonchev–Trinajstić information content (AvgIpc) is 3.23. The lowest BCUT2D eigenvalue weighted by atomic mass is 10.1. The van der Waals surface area contributed by atoms with E-state index in [2.05, 4.69) is 22.4 Å². The second-order valence-electron chi connectivity index (χ2n) is 6.84. The van der Waals surface area contributed by atoms with Crippen LogP contribution in [0.5, 0.6) is 5.75 Å². The summed E-state index contributed by atoms with van der Waals surface area (Å²) in [5.41, 5.74) is 9.68. The fourth-order valence-corrected chi connectivity index (χ4v) is 4.02. The molecule has 0 saturated carbocycles. The molecule has 0 atom stereocenters. The molecule has 2 aromatic carbocycles. The fraction of sp³-hybridized carbons (Fsp3) is 0.318. The van der Waals surface area contributed by atoms with Crippen LogP contribution in [-0.2, 0) is 4.74 Å². The van der Waals surface area contributed by atoms with Gasteiger partial charge in [0, 0.05) is 41.8 Å². The van der Waals surface area contributed by atoms with E-state index in [1.54, 1.807) is 11.3 Å². The Kier molecular flexibility index (Phi) is 6.21. The van der Waals surface area contributed by atoms with E-state index >= 15 is 0 Å². The number of nitrogens with zero attached hydrogens (tertiary/aromatic N) is 2. The van der Waals surface area contributed by atoms with Crippen LogP contribution in [-0.4, -0.2) is 49.3 Å². The maximum Gasteiger partial charge on any atom is 0.124 e. The first-order valence-corrected chi connectivity index (χ1v) is 10.5. The molecule has 28 heavy (non-hydrogen) atoms. The van der Waals surface area contributed by atoms with Crippen molar-refractivity contribution in [2.75, 3.05) is 45.2 Å². The zero-order valence-corrected chi connectivity index (χ0v) is 16.7. The maximum absolute atomic E-state index is 5.89. The van der Waals surface area contributed by atoms with E-state index in [0.717, 1.165) is 79.1 Å². The lowest BCUT2D eigenvalue weighted by molar-refractivity contribution is 0.0358. The highest BCUT2D eigenvalue weighted by Gasteiger charge is 2.10. The van der Waals surface area contributed by atoms with Crippen molar-refractivity contribution in [3.63, 3.8) is 0 Å². The van der Waals surface area contributed by atoms with E-state index in [-0.39, 0.29) is 0 Å². The van der Waals surface area contributed by atoms with Gasteiger partial charge >= 0.3 is 0 Å². The number of rotatable bonds is 7. The van der Waals surface area contributed by atoms with Crippen molar-refractivity contribution in [3.05, 3.63) is 53.9 Å². The fourth-order valence-electron chi connectivity index (χ4n) is 3.19. The Hall–Kier alpha value is -2.41. The standard InChI is InChI=1S/C22H25N3O2S/c23-19-6-2-17(3-7-19)21-16-28-22(24-21)18-4-8-20(9-5-18)27-13-1-10-25-11-14-26-15-12-25/h2-9,16H,1,10-15,23H2. The second kappa shape index (κ2) is 9.19. The molecule has 1 aliphatic heterocycles. The minimum Gasteiger partial charge on any atom is -0.494 e. The number of thiazole rings is 1. The van der Waals surface area contributed by atoms with Crippen LogP contribution >= 0.6 is 11.3 Å². The smallest absolute Gasteiger partial charge is 0.124 e. The summed E-state index contributed by atoms with van der Waals surface area (Å²) in [5, 5.41) is 3.09. The van der Waals surface area contributed by atoms with Crippen LogP contribution in [0.4, 0.5) is 5.69 Å².